The molecule has 3 N–H and O–H groups in total. The molecule has 7 nitrogen and oxygen atoms in total. The summed E-state index contributed by atoms with van der Waals surface area (Å²) in [7, 11) is 0. The van der Waals surface area contributed by atoms with Gasteiger partial charge in [-0.05, 0) is 41.8 Å². The van der Waals surface area contributed by atoms with E-state index in [2.05, 4.69) is 53.5 Å². The number of nitrogens with zero attached hydrogens (tertiary/aromatic N) is 1. The van der Waals surface area contributed by atoms with Gasteiger partial charge in [0, 0.05) is 74.4 Å². The molecule has 222 valence electrons. The highest BCUT2D eigenvalue weighted by molar-refractivity contribution is 5.76. The van der Waals surface area contributed by atoms with Gasteiger partial charge in [0.05, 0.1) is 13.2 Å². The molecule has 0 radical (unpaired) electrons. The Morgan fingerprint density at radius 1 is 1.05 bits per heavy atom. The molecule has 0 aliphatic carbocycles. The monoisotopic (exact) mass is 561 g/mol. The second kappa shape index (κ2) is 16.0. The highest BCUT2D eigenvalue weighted by Crippen LogP contribution is 2.39. The van der Waals surface area contributed by atoms with E-state index in [1.807, 2.05) is 26.0 Å². The van der Waals surface area contributed by atoms with E-state index < -0.39 is 0 Å². The molecule has 3 aromatic rings. The number of aldehydes is 1. The van der Waals surface area contributed by atoms with E-state index in [1.165, 1.54) is 22.3 Å². The molecule has 0 bridgehead atoms. The summed E-state index contributed by atoms with van der Waals surface area (Å²) in [6, 6.07) is 18.4. The number of hydrogen-bond acceptors (Lipinski definition) is 7. The molecule has 0 aromatic heterocycles. The molecule has 0 saturated carbocycles. The summed E-state index contributed by atoms with van der Waals surface area (Å²) in [5.41, 5.74) is 12.4. The molecule has 1 unspecified atom stereocenters. The summed E-state index contributed by atoms with van der Waals surface area (Å²) in [4.78, 5) is 12.8. The number of carbonyl (C=O) groups is 1. The minimum absolute atomic E-state index is 0. The Bertz CT molecular complexity index is 1260. The third-order valence-corrected chi connectivity index (χ3v) is 7.39. The Kier molecular flexibility index (Phi) is 12.5. The lowest BCUT2D eigenvalue weighted by atomic mass is 9.97. The van der Waals surface area contributed by atoms with Crippen LogP contribution in [0.2, 0.25) is 0 Å². The van der Waals surface area contributed by atoms with Crippen molar-refractivity contribution >= 4 is 12.0 Å². The van der Waals surface area contributed by atoms with Crippen LogP contribution in [0.3, 0.4) is 0 Å². The number of para-hydroxylation sites is 1. The van der Waals surface area contributed by atoms with Gasteiger partial charge in [0.2, 0.25) is 0 Å². The van der Waals surface area contributed by atoms with Crippen LogP contribution in [0.1, 0.15) is 50.3 Å². The molecular weight excluding hydrogens is 514 g/mol. The number of piperazine rings is 1. The first-order valence-corrected chi connectivity index (χ1v) is 14.5. The predicted molar refractivity (Wildman–Crippen MR) is 168 cm³/mol. The zero-order chi connectivity index (χ0) is 28.3. The summed E-state index contributed by atoms with van der Waals surface area (Å²) in [5.74, 6) is 3.04. The van der Waals surface area contributed by atoms with Crippen LogP contribution in [0.25, 0.3) is 11.1 Å². The van der Waals surface area contributed by atoms with Gasteiger partial charge in [-0.2, -0.15) is 0 Å². The van der Waals surface area contributed by atoms with Crippen molar-refractivity contribution < 1.29 is 19.0 Å². The van der Waals surface area contributed by atoms with E-state index in [4.69, 9.17) is 19.9 Å². The second-order valence-electron chi connectivity index (χ2n) is 10.0. The van der Waals surface area contributed by atoms with Crippen LogP contribution in [0.4, 0.5) is 5.69 Å². The van der Waals surface area contributed by atoms with Gasteiger partial charge < -0.3 is 30.1 Å². The summed E-state index contributed by atoms with van der Waals surface area (Å²) in [5, 5.41) is 3.38. The van der Waals surface area contributed by atoms with Crippen LogP contribution >= 0.6 is 0 Å². The van der Waals surface area contributed by atoms with Gasteiger partial charge in [-0.15, -0.1) is 0 Å². The first-order chi connectivity index (χ1) is 19.6. The lowest BCUT2D eigenvalue weighted by molar-refractivity contribution is -0.108. The molecule has 1 saturated heterocycles. The first kappa shape index (κ1) is 32.0. The number of nitrogens with one attached hydrogen (secondary N) is 1. The van der Waals surface area contributed by atoms with Crippen LogP contribution in [0.5, 0.6) is 17.2 Å². The smallest absolute Gasteiger partial charge is 0.130 e. The summed E-state index contributed by atoms with van der Waals surface area (Å²) in [6.45, 7) is 13.6. The Labute approximate surface area is 246 Å². The number of nitrogens with two attached hydrogens (primary N) is 1. The maximum atomic E-state index is 10.4. The first-order valence-electron chi connectivity index (χ1n) is 14.5. The van der Waals surface area contributed by atoms with Gasteiger partial charge in [-0.25, -0.2) is 0 Å². The number of rotatable bonds is 7. The summed E-state index contributed by atoms with van der Waals surface area (Å²) < 4.78 is 17.2. The molecule has 3 aliphatic rings. The van der Waals surface area contributed by atoms with Gasteiger partial charge in [-0.3, -0.25) is 4.90 Å². The number of aryl methyl sites for hydroxylation is 1. The van der Waals surface area contributed by atoms with Gasteiger partial charge in [0.25, 0.3) is 0 Å². The Morgan fingerprint density at radius 2 is 1.85 bits per heavy atom. The maximum Gasteiger partial charge on any atom is 0.130 e. The summed E-state index contributed by atoms with van der Waals surface area (Å²) in [6.07, 6.45) is 2.46. The molecule has 7 heteroatoms. The van der Waals surface area contributed by atoms with Crippen LogP contribution in [0.15, 0.2) is 54.6 Å². The predicted octanol–water partition coefficient (Wildman–Crippen LogP) is 5.88. The zero-order valence-corrected chi connectivity index (χ0v) is 24.1. The number of carbonyl (C=O) groups excluding carboxylic acids is 1. The number of benzene rings is 3. The van der Waals surface area contributed by atoms with Crippen molar-refractivity contribution in [3.63, 3.8) is 0 Å². The molecule has 3 aliphatic heterocycles. The fourth-order valence-corrected chi connectivity index (χ4v) is 5.29. The molecule has 6 rings (SSSR count). The molecule has 3 heterocycles. The Balaban J connectivity index is 0.000000245. The number of hydrogen-bond donors (Lipinski definition) is 2. The lowest BCUT2D eigenvalue weighted by Crippen LogP contribution is -2.44. The highest BCUT2D eigenvalue weighted by Gasteiger charge is 2.23. The molecule has 0 amide bonds. The highest BCUT2D eigenvalue weighted by atomic mass is 16.5. The van der Waals surface area contributed by atoms with Crippen molar-refractivity contribution in [1.82, 2.24) is 10.2 Å². The fourth-order valence-electron chi connectivity index (χ4n) is 5.29. The van der Waals surface area contributed by atoms with Gasteiger partial charge >= 0.3 is 0 Å². The number of anilines is 1. The molecule has 3 aromatic carbocycles. The third kappa shape index (κ3) is 8.24. The molecule has 41 heavy (non-hydrogen) atoms. The minimum Gasteiger partial charge on any atom is -0.493 e. The SMILES string of the molecule is C.CC.Cc1cc(OCCN2CCNCC2)ccc1-c1cccc2c1OCC2.Nc1ccc2c(c1)OCC2CC=O. The van der Waals surface area contributed by atoms with Crippen molar-refractivity contribution in [2.24, 2.45) is 0 Å². The van der Waals surface area contributed by atoms with Gasteiger partial charge in [-0.1, -0.05) is 51.6 Å². The fraction of sp³-hybridized carbons (Fsp3) is 0.441. The Hall–Kier alpha value is -3.55. The van der Waals surface area contributed by atoms with Crippen LogP contribution in [0, 0.1) is 6.92 Å². The van der Waals surface area contributed by atoms with Crippen molar-refractivity contribution in [2.45, 2.75) is 47.0 Å². The Morgan fingerprint density at radius 3 is 2.61 bits per heavy atom. The van der Waals surface area contributed by atoms with Crippen LogP contribution in [-0.4, -0.2) is 63.7 Å². The normalized spacial score (nSPS) is 16.7. The van der Waals surface area contributed by atoms with Gasteiger partial charge in [0.1, 0.15) is 30.1 Å². The molecule has 1 fully saturated rings. The molecule has 1 atom stereocenters. The molecule has 0 spiro atoms. The van der Waals surface area contributed by atoms with E-state index in [0.717, 1.165) is 81.5 Å². The van der Waals surface area contributed by atoms with E-state index in [1.54, 1.807) is 6.07 Å². The van der Waals surface area contributed by atoms with Crippen molar-refractivity contribution in [1.29, 1.82) is 0 Å². The van der Waals surface area contributed by atoms with Crippen molar-refractivity contribution in [3.8, 4) is 28.4 Å². The van der Waals surface area contributed by atoms with Crippen LogP contribution in [-0.2, 0) is 11.2 Å². The van der Waals surface area contributed by atoms with E-state index in [-0.39, 0.29) is 13.3 Å². The maximum absolute atomic E-state index is 10.4. The van der Waals surface area contributed by atoms with Gasteiger partial charge in [0.15, 0.2) is 0 Å². The van der Waals surface area contributed by atoms with E-state index >= 15 is 0 Å². The number of nitrogen functional groups attached to an aromatic ring is 1. The summed E-state index contributed by atoms with van der Waals surface area (Å²) >= 11 is 0. The number of ether oxygens (including phenoxy) is 3. The number of fused-ring (bicyclic) bond motifs is 2. The largest absolute Gasteiger partial charge is 0.493 e. The standard InChI is InChI=1S/C21H26N2O2.C10H11NO2.C2H6.CH4/c1-16-15-18(24-14-12-23-10-8-22-9-11-23)5-6-19(16)20-4-2-3-17-7-13-25-21(17)20;11-8-1-2-9-7(3-4-12)6-13-10(9)5-8;1-2;/h2-6,15,22H,7-14H2,1H3;1-2,4-5,7H,3,6,11H2;1-2H3;1H4. The quantitative estimate of drug-likeness (QED) is 0.275. The average Bonchev–Trinajstić information content (AvgIpc) is 3.63. The van der Waals surface area contributed by atoms with Crippen molar-refractivity contribution in [2.75, 3.05) is 58.3 Å². The third-order valence-electron chi connectivity index (χ3n) is 7.39. The average molecular weight is 562 g/mol. The van der Waals surface area contributed by atoms with E-state index in [9.17, 15) is 4.79 Å². The lowest BCUT2D eigenvalue weighted by Gasteiger charge is -2.27. The topological polar surface area (TPSA) is 86.1 Å². The zero-order valence-electron chi connectivity index (χ0n) is 24.1. The minimum atomic E-state index is 0. The van der Waals surface area contributed by atoms with Crippen LogP contribution < -0.4 is 25.3 Å². The second-order valence-corrected chi connectivity index (χ2v) is 10.0. The van der Waals surface area contributed by atoms with Crippen molar-refractivity contribution in [3.05, 3.63) is 71.3 Å². The molecular formula is C34H47N3O4. The van der Waals surface area contributed by atoms with E-state index in [0.29, 0.717) is 18.7 Å².